The van der Waals surface area contributed by atoms with Gasteiger partial charge in [-0.05, 0) is 42.5 Å². The lowest BCUT2D eigenvalue weighted by Crippen LogP contribution is -2.00. The zero-order chi connectivity index (χ0) is 19.5. The average Bonchev–Trinajstić information content (AvgIpc) is 2.74. The van der Waals surface area contributed by atoms with Crippen LogP contribution in [-0.2, 0) is 0 Å². The molecule has 0 radical (unpaired) electrons. The van der Waals surface area contributed by atoms with Gasteiger partial charge in [0, 0.05) is 40.1 Å². The van der Waals surface area contributed by atoms with Crippen molar-refractivity contribution in [3.63, 3.8) is 0 Å². The number of fused-ring (bicyclic) bond motifs is 1. The number of methoxy groups -OCH3 is 2. The van der Waals surface area contributed by atoms with Gasteiger partial charge in [-0.3, -0.25) is 4.98 Å². The second kappa shape index (κ2) is 7.70. The molecule has 140 valence electrons. The van der Waals surface area contributed by atoms with Crippen LogP contribution in [0.1, 0.15) is 0 Å². The maximum atomic E-state index is 6.21. The number of ether oxygens (including phenoxy) is 2. The third-order valence-electron chi connectivity index (χ3n) is 4.22. The number of pyridine rings is 1. The molecule has 2 aromatic heterocycles. The maximum absolute atomic E-state index is 6.21. The Balaban J connectivity index is 1.84. The monoisotopic (exact) mass is 392 g/mol. The minimum absolute atomic E-state index is 0.575. The highest BCUT2D eigenvalue weighted by Crippen LogP contribution is 2.33. The summed E-state index contributed by atoms with van der Waals surface area (Å²) in [7, 11) is 3.20. The molecule has 0 atom stereocenters. The Kier molecular flexibility index (Phi) is 4.95. The predicted octanol–water partition coefficient (Wildman–Crippen LogP) is 5.11. The third-order valence-corrected chi connectivity index (χ3v) is 4.46. The highest BCUT2D eigenvalue weighted by Gasteiger charge is 2.12. The number of nitrogens with one attached hydrogen (secondary N) is 1. The second-order valence-electron chi connectivity index (χ2n) is 5.99. The fraction of sp³-hybridized carbons (Fsp3) is 0.0952. The van der Waals surface area contributed by atoms with E-state index in [0.29, 0.717) is 28.2 Å². The summed E-state index contributed by atoms with van der Waals surface area (Å²) in [4.78, 5) is 13.5. The number of rotatable bonds is 5. The first-order chi connectivity index (χ1) is 13.7. The van der Waals surface area contributed by atoms with E-state index in [1.165, 1.54) is 0 Å². The average molecular weight is 393 g/mol. The van der Waals surface area contributed by atoms with Crippen LogP contribution in [0.5, 0.6) is 11.5 Å². The summed E-state index contributed by atoms with van der Waals surface area (Å²) in [5, 5.41) is 4.77. The molecular weight excluding hydrogens is 376 g/mol. The first-order valence-electron chi connectivity index (χ1n) is 8.54. The van der Waals surface area contributed by atoms with E-state index >= 15 is 0 Å². The van der Waals surface area contributed by atoms with Crippen LogP contribution in [0.3, 0.4) is 0 Å². The summed E-state index contributed by atoms with van der Waals surface area (Å²) >= 11 is 6.21. The number of halogens is 1. The quantitative estimate of drug-likeness (QED) is 0.509. The van der Waals surface area contributed by atoms with E-state index in [1.54, 1.807) is 26.6 Å². The standard InChI is InChI=1S/C21H17ClN4O2/c1-27-18-8-6-15(11-19(18)28-2)24-21-16-10-14(22)5-7-17(16)25-20(26-21)13-4-3-9-23-12-13/h3-12H,1-2H3,(H,24,25,26). The molecule has 0 saturated carbocycles. The molecule has 0 fully saturated rings. The SMILES string of the molecule is COc1ccc(Nc2nc(-c3cccnc3)nc3ccc(Cl)cc23)cc1OC. The van der Waals surface area contributed by atoms with Crippen molar-refractivity contribution in [1.29, 1.82) is 0 Å². The number of hydrogen-bond acceptors (Lipinski definition) is 6. The molecule has 7 heteroatoms. The van der Waals surface area contributed by atoms with Crippen LogP contribution in [0.15, 0.2) is 60.9 Å². The Morgan fingerprint density at radius 2 is 1.79 bits per heavy atom. The molecule has 2 aromatic carbocycles. The van der Waals surface area contributed by atoms with E-state index < -0.39 is 0 Å². The number of nitrogens with zero attached hydrogens (tertiary/aromatic N) is 3. The zero-order valence-electron chi connectivity index (χ0n) is 15.3. The molecule has 0 amide bonds. The van der Waals surface area contributed by atoms with Crippen molar-refractivity contribution in [3.8, 4) is 22.9 Å². The number of hydrogen-bond donors (Lipinski definition) is 1. The molecular formula is C21H17ClN4O2. The summed E-state index contributed by atoms with van der Waals surface area (Å²) in [6.07, 6.45) is 3.45. The molecule has 1 N–H and O–H groups in total. The largest absolute Gasteiger partial charge is 0.493 e. The summed E-state index contributed by atoms with van der Waals surface area (Å²) < 4.78 is 10.7. The van der Waals surface area contributed by atoms with Crippen LogP contribution >= 0.6 is 11.6 Å². The fourth-order valence-corrected chi connectivity index (χ4v) is 3.04. The van der Waals surface area contributed by atoms with E-state index in [9.17, 15) is 0 Å². The predicted molar refractivity (Wildman–Crippen MR) is 111 cm³/mol. The van der Waals surface area contributed by atoms with Gasteiger partial charge in [0.25, 0.3) is 0 Å². The Morgan fingerprint density at radius 3 is 2.54 bits per heavy atom. The maximum Gasteiger partial charge on any atom is 0.163 e. The molecule has 0 bridgehead atoms. The summed E-state index contributed by atoms with van der Waals surface area (Å²) in [6, 6.07) is 14.9. The van der Waals surface area contributed by atoms with Crippen molar-refractivity contribution in [1.82, 2.24) is 15.0 Å². The lowest BCUT2D eigenvalue weighted by atomic mass is 10.2. The molecule has 28 heavy (non-hydrogen) atoms. The van der Waals surface area contributed by atoms with E-state index in [-0.39, 0.29) is 0 Å². The minimum Gasteiger partial charge on any atom is -0.493 e. The molecule has 0 unspecified atom stereocenters. The Bertz CT molecular complexity index is 1140. The smallest absolute Gasteiger partial charge is 0.163 e. The lowest BCUT2D eigenvalue weighted by Gasteiger charge is -2.13. The Labute approximate surface area is 167 Å². The summed E-state index contributed by atoms with van der Waals surface area (Å²) in [5.74, 6) is 2.49. The first-order valence-corrected chi connectivity index (χ1v) is 8.92. The van der Waals surface area contributed by atoms with Gasteiger partial charge in [-0.15, -0.1) is 0 Å². The molecule has 0 aliphatic carbocycles. The van der Waals surface area contributed by atoms with Crippen LogP contribution in [0, 0.1) is 0 Å². The molecule has 0 aliphatic heterocycles. The summed E-state index contributed by atoms with van der Waals surface area (Å²) in [6.45, 7) is 0. The minimum atomic E-state index is 0.575. The van der Waals surface area contributed by atoms with Crippen molar-refractivity contribution in [2.75, 3.05) is 19.5 Å². The van der Waals surface area contributed by atoms with Crippen molar-refractivity contribution >= 4 is 34.0 Å². The van der Waals surface area contributed by atoms with Gasteiger partial charge in [0.2, 0.25) is 0 Å². The van der Waals surface area contributed by atoms with Crippen molar-refractivity contribution in [3.05, 3.63) is 65.9 Å². The Hall–Kier alpha value is -3.38. The van der Waals surface area contributed by atoms with Crippen LogP contribution in [0.4, 0.5) is 11.5 Å². The zero-order valence-corrected chi connectivity index (χ0v) is 16.1. The molecule has 6 nitrogen and oxygen atoms in total. The van der Waals surface area contributed by atoms with E-state index in [2.05, 4.69) is 15.3 Å². The van der Waals surface area contributed by atoms with Gasteiger partial charge in [-0.2, -0.15) is 0 Å². The highest BCUT2D eigenvalue weighted by molar-refractivity contribution is 6.31. The second-order valence-corrected chi connectivity index (χ2v) is 6.43. The molecule has 0 aliphatic rings. The van der Waals surface area contributed by atoms with Gasteiger partial charge >= 0.3 is 0 Å². The van der Waals surface area contributed by atoms with E-state index in [0.717, 1.165) is 22.2 Å². The van der Waals surface area contributed by atoms with E-state index in [4.69, 9.17) is 26.1 Å². The summed E-state index contributed by atoms with van der Waals surface area (Å²) in [5.41, 5.74) is 2.41. The fourth-order valence-electron chi connectivity index (χ4n) is 2.87. The normalized spacial score (nSPS) is 10.7. The number of benzene rings is 2. The van der Waals surface area contributed by atoms with Crippen LogP contribution < -0.4 is 14.8 Å². The molecule has 0 spiro atoms. The Morgan fingerprint density at radius 1 is 0.929 bits per heavy atom. The van der Waals surface area contributed by atoms with Gasteiger partial charge in [0.1, 0.15) is 5.82 Å². The van der Waals surface area contributed by atoms with Crippen LogP contribution in [0.2, 0.25) is 5.02 Å². The van der Waals surface area contributed by atoms with Gasteiger partial charge in [0.05, 0.1) is 19.7 Å². The molecule has 4 rings (SSSR count). The first kappa shape index (κ1) is 18.0. The lowest BCUT2D eigenvalue weighted by molar-refractivity contribution is 0.355. The molecule has 4 aromatic rings. The van der Waals surface area contributed by atoms with Crippen molar-refractivity contribution in [2.24, 2.45) is 0 Å². The van der Waals surface area contributed by atoms with Crippen molar-refractivity contribution in [2.45, 2.75) is 0 Å². The van der Waals surface area contributed by atoms with Crippen LogP contribution in [-0.4, -0.2) is 29.2 Å². The van der Waals surface area contributed by atoms with Crippen LogP contribution in [0.25, 0.3) is 22.3 Å². The highest BCUT2D eigenvalue weighted by atomic mass is 35.5. The topological polar surface area (TPSA) is 69.2 Å². The van der Waals surface area contributed by atoms with Gasteiger partial charge in [0.15, 0.2) is 17.3 Å². The third kappa shape index (κ3) is 3.54. The number of aromatic nitrogens is 3. The molecule has 0 saturated heterocycles. The van der Waals surface area contributed by atoms with Gasteiger partial charge < -0.3 is 14.8 Å². The van der Waals surface area contributed by atoms with E-state index in [1.807, 2.05) is 48.5 Å². The molecule has 2 heterocycles. The number of anilines is 2. The van der Waals surface area contributed by atoms with Gasteiger partial charge in [-0.25, -0.2) is 9.97 Å². The van der Waals surface area contributed by atoms with Gasteiger partial charge in [-0.1, -0.05) is 11.6 Å². The van der Waals surface area contributed by atoms with Crippen molar-refractivity contribution < 1.29 is 9.47 Å².